The van der Waals surface area contributed by atoms with E-state index in [1.54, 1.807) is 43.9 Å². The Balaban J connectivity index is 1.17. The summed E-state index contributed by atoms with van der Waals surface area (Å²) in [5.74, 6) is -1.60. The van der Waals surface area contributed by atoms with Crippen molar-refractivity contribution in [1.82, 2.24) is 9.80 Å². The van der Waals surface area contributed by atoms with Crippen LogP contribution in [0.3, 0.4) is 0 Å². The van der Waals surface area contributed by atoms with E-state index in [0.29, 0.717) is 29.7 Å². The molecule has 3 aliphatic heterocycles. The van der Waals surface area contributed by atoms with Gasteiger partial charge in [0.15, 0.2) is 11.4 Å². The molecule has 6 rings (SSSR count). The quantitative estimate of drug-likeness (QED) is 0.404. The summed E-state index contributed by atoms with van der Waals surface area (Å²) in [5, 5.41) is 9.92. The van der Waals surface area contributed by atoms with Gasteiger partial charge < -0.3 is 14.4 Å². The van der Waals surface area contributed by atoms with E-state index in [1.165, 1.54) is 6.07 Å². The lowest BCUT2D eigenvalue weighted by molar-refractivity contribution is -0.126. The molecule has 9 heteroatoms. The van der Waals surface area contributed by atoms with Crippen molar-refractivity contribution in [2.24, 2.45) is 11.8 Å². The molecule has 2 aromatic rings. The van der Waals surface area contributed by atoms with Crippen LogP contribution in [0.25, 0.3) is 11.1 Å². The van der Waals surface area contributed by atoms with Gasteiger partial charge in [-0.25, -0.2) is 14.0 Å². The SMILES string of the molecule is CN1CCC2(C1)OC(=O)c1ccc(-c3ccc(C[C@@H](C#N)CC(=O)[C@@H]4[C@H]5CC[C@H](C5)N4C(=O)OC(C)(C)C)c(F)c3)cc12. The first kappa shape index (κ1) is 29.3. The Kier molecular flexibility index (Phi) is 7.32. The number of hydrogen-bond acceptors (Lipinski definition) is 7. The molecule has 1 aliphatic carbocycles. The Morgan fingerprint density at radius 1 is 1.19 bits per heavy atom. The fourth-order valence-corrected chi connectivity index (χ4v) is 7.50. The first-order valence-corrected chi connectivity index (χ1v) is 15.2. The average molecular weight is 588 g/mol. The predicted octanol–water partition coefficient (Wildman–Crippen LogP) is 5.62. The van der Waals surface area contributed by atoms with E-state index in [4.69, 9.17) is 9.47 Å². The van der Waals surface area contributed by atoms with E-state index in [0.717, 1.165) is 36.9 Å². The van der Waals surface area contributed by atoms with Gasteiger partial charge in [-0.1, -0.05) is 18.2 Å². The number of nitrogens with zero attached hydrogens (tertiary/aromatic N) is 3. The van der Waals surface area contributed by atoms with Gasteiger partial charge in [0, 0.05) is 37.5 Å². The maximum Gasteiger partial charge on any atom is 0.411 e. The van der Waals surface area contributed by atoms with Crippen molar-refractivity contribution in [3.63, 3.8) is 0 Å². The van der Waals surface area contributed by atoms with Crippen molar-refractivity contribution < 1.29 is 28.2 Å². The number of fused-ring (bicyclic) bond motifs is 4. The Morgan fingerprint density at radius 2 is 1.93 bits per heavy atom. The minimum absolute atomic E-state index is 0.0207. The van der Waals surface area contributed by atoms with Crippen molar-refractivity contribution in [3.8, 4) is 17.2 Å². The van der Waals surface area contributed by atoms with Crippen molar-refractivity contribution in [3.05, 3.63) is 58.9 Å². The van der Waals surface area contributed by atoms with Crippen molar-refractivity contribution in [1.29, 1.82) is 5.26 Å². The second-order valence-corrected chi connectivity index (χ2v) is 13.7. The van der Waals surface area contributed by atoms with Gasteiger partial charge in [-0.2, -0.15) is 5.26 Å². The van der Waals surface area contributed by atoms with E-state index >= 15 is 4.39 Å². The summed E-state index contributed by atoms with van der Waals surface area (Å²) in [6, 6.07) is 12.0. The number of rotatable bonds is 6. The molecular formula is C34H38FN3O5. The minimum Gasteiger partial charge on any atom is -0.449 e. The first-order chi connectivity index (χ1) is 20.4. The molecular weight excluding hydrogens is 549 g/mol. The number of nitriles is 1. The molecule has 0 aromatic heterocycles. The van der Waals surface area contributed by atoms with E-state index in [1.807, 2.05) is 19.2 Å². The standard InChI is InChI=1S/C34H38FN3O5/c1-33(2,3)43-32(41)38-25-9-7-24(15-25)30(38)29(39)14-20(18-36)13-23-6-5-22(17-28(23)35)21-8-10-26-27(16-21)34(42-31(26)40)11-12-37(4)19-34/h5-6,8,10,16-17,20,24-25,30H,7,9,11-15,19H2,1-4H3/t20-,24+,25-,30+,34?/m1/s1. The van der Waals surface area contributed by atoms with Crippen molar-refractivity contribution in [2.45, 2.75) is 82.6 Å². The van der Waals surface area contributed by atoms with Crippen molar-refractivity contribution in [2.75, 3.05) is 20.1 Å². The predicted molar refractivity (Wildman–Crippen MR) is 156 cm³/mol. The molecule has 3 fully saturated rings. The van der Waals surface area contributed by atoms with Crippen LogP contribution in [-0.4, -0.2) is 65.5 Å². The Labute approximate surface area is 251 Å². The third kappa shape index (κ3) is 5.42. The van der Waals surface area contributed by atoms with Gasteiger partial charge in [0.1, 0.15) is 11.4 Å². The molecule has 1 amide bonds. The summed E-state index contributed by atoms with van der Waals surface area (Å²) in [6.07, 6.45) is 2.74. The molecule has 5 atom stereocenters. The monoisotopic (exact) mass is 587 g/mol. The fraction of sp³-hybridized carbons (Fsp3) is 0.529. The van der Waals surface area contributed by atoms with Crippen LogP contribution in [0.2, 0.25) is 0 Å². The van der Waals surface area contributed by atoms with E-state index in [2.05, 4.69) is 11.0 Å². The van der Waals surface area contributed by atoms with Gasteiger partial charge in [-0.05, 0) is 94.3 Å². The summed E-state index contributed by atoms with van der Waals surface area (Å²) in [5.41, 5.74) is 1.84. The highest BCUT2D eigenvalue weighted by Gasteiger charge is 2.52. The molecule has 2 saturated heterocycles. The number of likely N-dealkylation sites (tertiary alicyclic amines) is 2. The normalized spacial score (nSPS) is 26.8. The topological polar surface area (TPSA) is 99.9 Å². The van der Waals surface area contributed by atoms with Crippen LogP contribution in [0.1, 0.15) is 74.4 Å². The lowest BCUT2D eigenvalue weighted by Crippen LogP contribution is -2.51. The third-order valence-corrected chi connectivity index (χ3v) is 9.44. The molecule has 1 unspecified atom stereocenters. The van der Waals surface area contributed by atoms with Crippen LogP contribution in [0, 0.1) is 29.0 Å². The summed E-state index contributed by atoms with van der Waals surface area (Å²) in [7, 11) is 2.00. The molecule has 226 valence electrons. The van der Waals surface area contributed by atoms with E-state index in [9.17, 15) is 19.6 Å². The zero-order valence-electron chi connectivity index (χ0n) is 25.2. The van der Waals surface area contributed by atoms with Crippen molar-refractivity contribution >= 4 is 17.8 Å². The number of carbonyl (C=O) groups excluding carboxylic acids is 3. The molecule has 43 heavy (non-hydrogen) atoms. The van der Waals surface area contributed by atoms with Crippen LogP contribution >= 0.6 is 0 Å². The average Bonchev–Trinajstić information content (AvgIpc) is 3.72. The molecule has 1 spiro atoms. The Hall–Kier alpha value is -3.77. The first-order valence-electron chi connectivity index (χ1n) is 15.2. The van der Waals surface area contributed by atoms with Gasteiger partial charge >= 0.3 is 12.1 Å². The van der Waals surface area contributed by atoms with Crippen LogP contribution in [-0.2, 0) is 26.3 Å². The second-order valence-electron chi connectivity index (χ2n) is 13.7. The zero-order valence-corrected chi connectivity index (χ0v) is 25.2. The number of likely N-dealkylation sites (N-methyl/N-ethyl adjacent to an activating group) is 1. The number of carbonyl (C=O) groups is 3. The van der Waals surface area contributed by atoms with Gasteiger partial charge in [0.25, 0.3) is 0 Å². The lowest BCUT2D eigenvalue weighted by Gasteiger charge is -2.35. The molecule has 3 heterocycles. The Morgan fingerprint density at radius 3 is 2.60 bits per heavy atom. The lowest BCUT2D eigenvalue weighted by atomic mass is 9.87. The maximum atomic E-state index is 15.5. The highest BCUT2D eigenvalue weighted by atomic mass is 19.1. The largest absolute Gasteiger partial charge is 0.449 e. The summed E-state index contributed by atoms with van der Waals surface area (Å²) in [4.78, 5) is 42.8. The van der Waals surface area contributed by atoms with Crippen LogP contribution in [0.5, 0.6) is 0 Å². The van der Waals surface area contributed by atoms with Gasteiger partial charge in [-0.15, -0.1) is 0 Å². The van der Waals surface area contributed by atoms with E-state index < -0.39 is 35.1 Å². The summed E-state index contributed by atoms with van der Waals surface area (Å²) in [6.45, 7) is 6.84. The number of Topliss-reactive ketones (excluding diaryl/α,β-unsaturated/α-hetero) is 1. The number of esters is 1. The minimum atomic E-state index is -0.727. The smallest absolute Gasteiger partial charge is 0.411 e. The van der Waals surface area contributed by atoms with Gasteiger partial charge in [0.05, 0.1) is 23.6 Å². The molecule has 0 N–H and O–H groups in total. The molecule has 2 bridgehead atoms. The molecule has 4 aliphatic rings. The van der Waals surface area contributed by atoms with Crippen LogP contribution in [0.4, 0.5) is 9.18 Å². The van der Waals surface area contributed by atoms with E-state index in [-0.39, 0.29) is 36.6 Å². The molecule has 1 saturated carbocycles. The summed E-state index contributed by atoms with van der Waals surface area (Å²) >= 11 is 0. The van der Waals surface area contributed by atoms with Gasteiger partial charge in [0.2, 0.25) is 0 Å². The fourth-order valence-electron chi connectivity index (χ4n) is 7.50. The number of benzene rings is 2. The highest BCUT2D eigenvalue weighted by Crippen LogP contribution is 2.45. The number of halogens is 1. The Bertz CT molecular complexity index is 1530. The zero-order chi connectivity index (χ0) is 30.7. The number of hydrogen-bond donors (Lipinski definition) is 0. The molecule has 2 aromatic carbocycles. The molecule has 0 radical (unpaired) electrons. The molecule has 8 nitrogen and oxygen atoms in total. The second kappa shape index (κ2) is 10.7. The third-order valence-electron chi connectivity index (χ3n) is 9.44. The summed E-state index contributed by atoms with van der Waals surface area (Å²) < 4.78 is 26.9. The van der Waals surface area contributed by atoms with Crippen LogP contribution in [0.15, 0.2) is 36.4 Å². The number of piperidine rings is 1. The number of amides is 1. The number of ketones is 1. The van der Waals surface area contributed by atoms with Gasteiger partial charge in [-0.3, -0.25) is 9.69 Å². The number of ether oxygens (including phenoxy) is 2. The van der Waals surface area contributed by atoms with Crippen LogP contribution < -0.4 is 0 Å². The maximum absolute atomic E-state index is 15.5. The highest BCUT2D eigenvalue weighted by molar-refractivity contribution is 5.96.